The number of nitrogens with two attached hydrogens (primary N) is 1. The number of thiazole rings is 1. The molecule has 18 heavy (non-hydrogen) atoms. The molecule has 2 aromatic rings. The van der Waals surface area contributed by atoms with E-state index in [1.54, 1.807) is 18.6 Å². The first-order chi connectivity index (χ1) is 8.74. The van der Waals surface area contributed by atoms with Crippen LogP contribution in [0.25, 0.3) is 0 Å². The minimum Gasteiger partial charge on any atom is -0.375 e. The number of carbonyl (C=O) groups is 1. The van der Waals surface area contributed by atoms with Crippen LogP contribution in [0.1, 0.15) is 21.2 Å². The van der Waals surface area contributed by atoms with Crippen molar-refractivity contribution >= 4 is 22.4 Å². The topological polar surface area (TPSA) is 72.1 Å². The summed E-state index contributed by atoms with van der Waals surface area (Å²) in [6.07, 6.45) is 5.11. The molecule has 5 nitrogen and oxygen atoms in total. The molecule has 0 unspecified atom stereocenters. The highest BCUT2D eigenvalue weighted by Gasteiger charge is 2.32. The predicted molar refractivity (Wildman–Crippen MR) is 69.4 cm³/mol. The Morgan fingerprint density at radius 3 is 2.72 bits per heavy atom. The third-order valence-electron chi connectivity index (χ3n) is 3.08. The zero-order chi connectivity index (χ0) is 12.5. The molecule has 3 heterocycles. The standard InChI is InChI=1S/C12H12N4OS/c13-12-15-5-10(18-12)11(17)16-6-9(7-16)8-1-3-14-4-2-8/h1-5,9H,6-7H2,(H2,13,15). The Bertz CT molecular complexity index is 562. The van der Waals surface area contributed by atoms with E-state index in [2.05, 4.69) is 9.97 Å². The second-order valence-corrected chi connectivity index (χ2v) is 5.31. The van der Waals surface area contributed by atoms with Crippen LogP contribution in [0.15, 0.2) is 30.7 Å². The molecular weight excluding hydrogens is 248 g/mol. The molecule has 0 aliphatic carbocycles. The number of rotatable bonds is 2. The Morgan fingerprint density at radius 1 is 1.39 bits per heavy atom. The lowest BCUT2D eigenvalue weighted by molar-refractivity contribution is 0.0607. The van der Waals surface area contributed by atoms with E-state index in [9.17, 15) is 4.79 Å². The van der Waals surface area contributed by atoms with Crippen molar-refractivity contribution < 1.29 is 4.79 Å². The van der Waals surface area contributed by atoms with Gasteiger partial charge >= 0.3 is 0 Å². The van der Waals surface area contributed by atoms with Gasteiger partial charge in [-0.15, -0.1) is 0 Å². The van der Waals surface area contributed by atoms with Crippen molar-refractivity contribution in [2.24, 2.45) is 0 Å². The van der Waals surface area contributed by atoms with E-state index in [0.29, 0.717) is 15.9 Å². The van der Waals surface area contributed by atoms with Gasteiger partial charge in [0.15, 0.2) is 5.13 Å². The molecule has 0 saturated carbocycles. The number of likely N-dealkylation sites (tertiary alicyclic amines) is 1. The highest BCUT2D eigenvalue weighted by atomic mass is 32.1. The maximum absolute atomic E-state index is 12.0. The molecule has 1 amide bonds. The van der Waals surface area contributed by atoms with Gasteiger partial charge in [-0.2, -0.15) is 0 Å². The Labute approximate surface area is 108 Å². The molecule has 0 aromatic carbocycles. The Hall–Kier alpha value is -1.95. The normalized spacial score (nSPS) is 15.4. The van der Waals surface area contributed by atoms with Gasteiger partial charge in [-0.3, -0.25) is 9.78 Å². The fraction of sp³-hybridized carbons (Fsp3) is 0.250. The summed E-state index contributed by atoms with van der Waals surface area (Å²) >= 11 is 1.24. The average molecular weight is 260 g/mol. The van der Waals surface area contributed by atoms with Gasteiger partial charge in [-0.1, -0.05) is 11.3 Å². The molecule has 0 radical (unpaired) electrons. The first kappa shape index (κ1) is 11.2. The third-order valence-corrected chi connectivity index (χ3v) is 3.90. The van der Waals surface area contributed by atoms with Crippen molar-refractivity contribution in [3.8, 4) is 0 Å². The van der Waals surface area contributed by atoms with E-state index >= 15 is 0 Å². The molecule has 1 aliphatic heterocycles. The third kappa shape index (κ3) is 1.95. The summed E-state index contributed by atoms with van der Waals surface area (Å²) in [5.41, 5.74) is 6.76. The van der Waals surface area contributed by atoms with Gasteiger partial charge in [0.2, 0.25) is 0 Å². The van der Waals surface area contributed by atoms with Crippen LogP contribution in [0, 0.1) is 0 Å². The van der Waals surface area contributed by atoms with Crippen molar-refractivity contribution in [2.75, 3.05) is 18.8 Å². The van der Waals surface area contributed by atoms with Gasteiger partial charge in [-0.25, -0.2) is 4.98 Å². The predicted octanol–water partition coefficient (Wildman–Crippen LogP) is 1.36. The monoisotopic (exact) mass is 260 g/mol. The van der Waals surface area contributed by atoms with Gasteiger partial charge in [0.1, 0.15) is 4.88 Å². The van der Waals surface area contributed by atoms with E-state index < -0.39 is 0 Å². The Kier molecular flexibility index (Phi) is 2.71. The van der Waals surface area contributed by atoms with Gasteiger partial charge in [-0.05, 0) is 17.7 Å². The van der Waals surface area contributed by atoms with Gasteiger partial charge in [0.05, 0.1) is 6.20 Å². The van der Waals surface area contributed by atoms with Gasteiger partial charge in [0, 0.05) is 31.4 Å². The molecule has 6 heteroatoms. The molecule has 0 atom stereocenters. The van der Waals surface area contributed by atoms with Crippen molar-refractivity contribution in [3.63, 3.8) is 0 Å². The molecular formula is C12H12N4OS. The molecule has 1 aliphatic rings. The number of amides is 1. The molecule has 92 valence electrons. The molecule has 0 bridgehead atoms. The largest absolute Gasteiger partial charge is 0.375 e. The van der Waals surface area contributed by atoms with Crippen LogP contribution in [0.5, 0.6) is 0 Å². The summed E-state index contributed by atoms with van der Waals surface area (Å²) in [6, 6.07) is 3.99. The number of hydrogen-bond donors (Lipinski definition) is 1. The summed E-state index contributed by atoms with van der Waals surface area (Å²) in [6.45, 7) is 1.50. The lowest BCUT2D eigenvalue weighted by atomic mass is 9.92. The number of pyridine rings is 1. The highest BCUT2D eigenvalue weighted by molar-refractivity contribution is 7.17. The van der Waals surface area contributed by atoms with Crippen LogP contribution in [0.4, 0.5) is 5.13 Å². The lowest BCUT2D eigenvalue weighted by Gasteiger charge is -2.39. The van der Waals surface area contributed by atoms with Crippen molar-refractivity contribution in [1.82, 2.24) is 14.9 Å². The molecule has 1 saturated heterocycles. The van der Waals surface area contributed by atoms with Gasteiger partial charge in [0.25, 0.3) is 5.91 Å². The van der Waals surface area contributed by atoms with E-state index in [1.165, 1.54) is 16.9 Å². The summed E-state index contributed by atoms with van der Waals surface area (Å²) in [5, 5.41) is 0.435. The first-order valence-electron chi connectivity index (χ1n) is 5.64. The number of carbonyl (C=O) groups excluding carboxylic acids is 1. The summed E-state index contributed by atoms with van der Waals surface area (Å²) in [7, 11) is 0. The zero-order valence-electron chi connectivity index (χ0n) is 9.61. The van der Waals surface area contributed by atoms with Crippen LogP contribution in [0.3, 0.4) is 0 Å². The van der Waals surface area contributed by atoms with Crippen LogP contribution in [-0.4, -0.2) is 33.9 Å². The van der Waals surface area contributed by atoms with Crippen LogP contribution in [0.2, 0.25) is 0 Å². The van der Waals surface area contributed by atoms with Crippen LogP contribution < -0.4 is 5.73 Å². The molecule has 3 rings (SSSR count). The number of anilines is 1. The zero-order valence-corrected chi connectivity index (χ0v) is 10.4. The first-order valence-corrected chi connectivity index (χ1v) is 6.46. The van der Waals surface area contributed by atoms with Crippen molar-refractivity contribution in [2.45, 2.75) is 5.92 Å². The molecule has 2 aromatic heterocycles. The van der Waals surface area contributed by atoms with E-state index in [4.69, 9.17) is 5.73 Å². The van der Waals surface area contributed by atoms with Gasteiger partial charge < -0.3 is 10.6 Å². The SMILES string of the molecule is Nc1ncc(C(=O)N2CC(c3ccncc3)C2)s1. The molecule has 1 fully saturated rings. The number of hydrogen-bond acceptors (Lipinski definition) is 5. The maximum Gasteiger partial charge on any atom is 0.265 e. The second-order valence-electron chi connectivity index (χ2n) is 4.25. The fourth-order valence-electron chi connectivity index (χ4n) is 2.03. The van der Waals surface area contributed by atoms with Crippen molar-refractivity contribution in [1.29, 1.82) is 0 Å². The highest BCUT2D eigenvalue weighted by Crippen LogP contribution is 2.29. The summed E-state index contributed by atoms with van der Waals surface area (Å²) < 4.78 is 0. The minimum absolute atomic E-state index is 0.0227. The lowest BCUT2D eigenvalue weighted by Crippen LogP contribution is -2.48. The minimum atomic E-state index is 0.0227. The molecule has 2 N–H and O–H groups in total. The summed E-state index contributed by atoms with van der Waals surface area (Å²) in [4.78, 5) is 22.4. The smallest absolute Gasteiger partial charge is 0.265 e. The Morgan fingerprint density at radius 2 is 2.11 bits per heavy atom. The average Bonchev–Trinajstić information content (AvgIpc) is 2.75. The van der Waals surface area contributed by atoms with Crippen molar-refractivity contribution in [3.05, 3.63) is 41.2 Å². The quantitative estimate of drug-likeness (QED) is 0.885. The fourth-order valence-corrected chi connectivity index (χ4v) is 2.69. The molecule has 0 spiro atoms. The maximum atomic E-state index is 12.0. The van der Waals surface area contributed by atoms with E-state index in [0.717, 1.165) is 13.1 Å². The van der Waals surface area contributed by atoms with E-state index in [-0.39, 0.29) is 5.91 Å². The second kappa shape index (κ2) is 4.38. The Balaban J connectivity index is 1.64. The summed E-state index contributed by atoms with van der Waals surface area (Å²) in [5.74, 6) is 0.441. The number of aromatic nitrogens is 2. The van der Waals surface area contributed by atoms with Crippen LogP contribution >= 0.6 is 11.3 Å². The van der Waals surface area contributed by atoms with E-state index in [1.807, 2.05) is 17.0 Å². The number of nitrogen functional groups attached to an aromatic ring is 1. The van der Waals surface area contributed by atoms with Crippen LogP contribution in [-0.2, 0) is 0 Å². The number of nitrogens with zero attached hydrogens (tertiary/aromatic N) is 3.